The van der Waals surface area contributed by atoms with E-state index >= 15 is 0 Å². The minimum atomic E-state index is -2.20. The molecule has 5 rings (SSSR count). The number of hydrogen-bond acceptors (Lipinski definition) is 8. The normalized spacial score (nSPS) is 21.3. The van der Waals surface area contributed by atoms with E-state index in [0.29, 0.717) is 34.2 Å². The molecule has 1 aromatic heterocycles. The van der Waals surface area contributed by atoms with Gasteiger partial charge >= 0.3 is 0 Å². The summed E-state index contributed by atoms with van der Waals surface area (Å²) in [6.45, 7) is 2.47. The molecular weight excluding hydrogens is 457 g/mol. The zero-order valence-electron chi connectivity index (χ0n) is 18.7. The van der Waals surface area contributed by atoms with E-state index in [1.807, 2.05) is 19.1 Å². The summed E-state index contributed by atoms with van der Waals surface area (Å²) < 4.78 is 42.8. The number of nitrogens with one attached hydrogen (secondary N) is 1. The van der Waals surface area contributed by atoms with Crippen LogP contribution in [0.15, 0.2) is 41.0 Å². The topological polar surface area (TPSA) is 109 Å². The van der Waals surface area contributed by atoms with E-state index in [0.717, 1.165) is 23.8 Å². The Morgan fingerprint density at radius 2 is 2.06 bits per heavy atom. The van der Waals surface area contributed by atoms with Crippen molar-refractivity contribution in [3.63, 3.8) is 0 Å². The lowest BCUT2D eigenvalue weighted by Gasteiger charge is -2.19. The molecule has 3 heterocycles. The first-order valence-electron chi connectivity index (χ1n) is 11.1. The Hall–Kier alpha value is -3.29. The van der Waals surface area contributed by atoms with Gasteiger partial charge in [-0.25, -0.2) is 18.6 Å². The minimum Gasteiger partial charge on any atom is -0.484 e. The Morgan fingerprint density at radius 1 is 1.24 bits per heavy atom. The molecule has 0 bridgehead atoms. The summed E-state index contributed by atoms with van der Waals surface area (Å²) in [6.07, 6.45) is 2.83. The third-order valence-electron chi connectivity index (χ3n) is 6.04. The lowest BCUT2D eigenvalue weighted by Crippen LogP contribution is -2.24. The van der Waals surface area contributed by atoms with Gasteiger partial charge in [0.15, 0.2) is 0 Å². The standard InChI is InChI=1S/C24H24FN5O3S/c1-15-8-18(30-34(31)6-2-3-7-34)10-20-23(15)24(28-14-27-20)29-19-5-4-17(25)9-21(19)33-22-13-32-12-16(22)11-26/h4-5,8-10,14,16,22H,2-3,6-7,12-13H2,1H3,(H,27,28,29). The van der Waals surface area contributed by atoms with E-state index in [9.17, 15) is 13.9 Å². The smallest absolute Gasteiger partial charge is 0.146 e. The van der Waals surface area contributed by atoms with Gasteiger partial charge in [-0.3, -0.25) is 0 Å². The fraction of sp³-hybridized carbons (Fsp3) is 0.375. The van der Waals surface area contributed by atoms with Crippen LogP contribution in [0.1, 0.15) is 18.4 Å². The van der Waals surface area contributed by atoms with Crippen LogP contribution in [-0.4, -0.2) is 45.0 Å². The molecule has 0 aliphatic carbocycles. The number of nitriles is 1. The Kier molecular flexibility index (Phi) is 6.06. The highest BCUT2D eigenvalue weighted by molar-refractivity contribution is 7.93. The van der Waals surface area contributed by atoms with Crippen molar-refractivity contribution in [1.29, 1.82) is 5.26 Å². The van der Waals surface area contributed by atoms with Crippen molar-refractivity contribution in [2.75, 3.05) is 30.0 Å². The number of aryl methyl sites for hydroxylation is 1. The fourth-order valence-electron chi connectivity index (χ4n) is 4.32. The van der Waals surface area contributed by atoms with Crippen LogP contribution in [0.2, 0.25) is 0 Å². The molecule has 1 N–H and O–H groups in total. The summed E-state index contributed by atoms with van der Waals surface area (Å²) in [6, 6.07) is 10.0. The number of aromatic nitrogens is 2. The molecule has 0 amide bonds. The van der Waals surface area contributed by atoms with Crippen LogP contribution < -0.4 is 10.1 Å². The third kappa shape index (κ3) is 4.54. The highest BCUT2D eigenvalue weighted by atomic mass is 32.2. The van der Waals surface area contributed by atoms with Crippen molar-refractivity contribution in [1.82, 2.24) is 9.97 Å². The molecule has 0 spiro atoms. The maximum absolute atomic E-state index is 14.0. The van der Waals surface area contributed by atoms with Crippen LogP contribution in [-0.2, 0) is 14.5 Å². The van der Waals surface area contributed by atoms with Gasteiger partial charge in [-0.15, -0.1) is 0 Å². The number of nitrogens with zero attached hydrogens (tertiary/aromatic N) is 4. The average Bonchev–Trinajstić information content (AvgIpc) is 3.44. The zero-order valence-corrected chi connectivity index (χ0v) is 19.5. The molecule has 2 aliphatic heterocycles. The molecule has 2 aromatic carbocycles. The molecule has 0 radical (unpaired) electrons. The highest BCUT2D eigenvalue weighted by Gasteiger charge is 2.31. The Bertz CT molecular complexity index is 1400. The maximum Gasteiger partial charge on any atom is 0.146 e. The van der Waals surface area contributed by atoms with Gasteiger partial charge in [-0.05, 0) is 49.6 Å². The number of hydrogen-bond donors (Lipinski definition) is 1. The van der Waals surface area contributed by atoms with Gasteiger partial charge in [-0.1, -0.05) is 0 Å². The van der Waals surface area contributed by atoms with Crippen LogP contribution in [0.3, 0.4) is 0 Å². The van der Waals surface area contributed by atoms with Gasteiger partial charge in [0.1, 0.15) is 35.7 Å². The van der Waals surface area contributed by atoms with Crippen molar-refractivity contribution in [3.05, 3.63) is 48.0 Å². The van der Waals surface area contributed by atoms with Crippen molar-refractivity contribution >= 4 is 37.8 Å². The van der Waals surface area contributed by atoms with Crippen LogP contribution in [0.5, 0.6) is 5.75 Å². The lowest BCUT2D eigenvalue weighted by atomic mass is 10.1. The van der Waals surface area contributed by atoms with E-state index in [1.54, 1.807) is 6.07 Å². The minimum absolute atomic E-state index is 0.263. The molecule has 2 aliphatic rings. The van der Waals surface area contributed by atoms with Crippen LogP contribution >= 0.6 is 0 Å². The Balaban J connectivity index is 1.50. The second-order valence-electron chi connectivity index (χ2n) is 8.55. The molecule has 2 unspecified atom stereocenters. The SMILES string of the molecule is Cc1cc(N=S2(=O)CCCC2)cc2ncnc(Nc3ccc(F)cc3OC3COCC3C#N)c12. The number of fused-ring (bicyclic) bond motifs is 1. The zero-order chi connectivity index (χ0) is 23.7. The molecule has 8 nitrogen and oxygen atoms in total. The lowest BCUT2D eigenvalue weighted by molar-refractivity contribution is 0.140. The number of benzene rings is 2. The van der Waals surface area contributed by atoms with E-state index in [1.165, 1.54) is 18.5 Å². The summed E-state index contributed by atoms with van der Waals surface area (Å²) in [5, 5.41) is 13.3. The summed E-state index contributed by atoms with van der Waals surface area (Å²) in [7, 11) is -2.20. The van der Waals surface area contributed by atoms with Gasteiger partial charge in [0, 0.05) is 23.0 Å². The summed E-state index contributed by atoms with van der Waals surface area (Å²) in [5.41, 5.74) is 2.69. The molecule has 176 valence electrons. The monoisotopic (exact) mass is 481 g/mol. The largest absolute Gasteiger partial charge is 0.484 e. The summed E-state index contributed by atoms with van der Waals surface area (Å²) in [4.78, 5) is 8.80. The first-order chi connectivity index (χ1) is 16.4. The van der Waals surface area contributed by atoms with E-state index in [-0.39, 0.29) is 19.0 Å². The van der Waals surface area contributed by atoms with Crippen LogP contribution in [0, 0.1) is 30.0 Å². The second-order valence-corrected chi connectivity index (χ2v) is 11.1. The van der Waals surface area contributed by atoms with Crippen LogP contribution in [0.4, 0.5) is 21.6 Å². The predicted molar refractivity (Wildman–Crippen MR) is 127 cm³/mol. The van der Waals surface area contributed by atoms with E-state index < -0.39 is 27.6 Å². The molecule has 10 heteroatoms. The number of ether oxygens (including phenoxy) is 2. The van der Waals surface area contributed by atoms with E-state index in [2.05, 4.69) is 25.7 Å². The van der Waals surface area contributed by atoms with Crippen molar-refractivity contribution < 1.29 is 18.1 Å². The van der Waals surface area contributed by atoms with Crippen LogP contribution in [0.25, 0.3) is 10.9 Å². The van der Waals surface area contributed by atoms with Gasteiger partial charge < -0.3 is 14.8 Å². The fourth-order valence-corrected chi connectivity index (χ4v) is 6.51. The predicted octanol–water partition coefficient (Wildman–Crippen LogP) is 4.63. The summed E-state index contributed by atoms with van der Waals surface area (Å²) >= 11 is 0. The Morgan fingerprint density at radius 3 is 2.85 bits per heavy atom. The molecule has 2 saturated heterocycles. The maximum atomic E-state index is 14.0. The van der Waals surface area contributed by atoms with Crippen molar-refractivity contribution in [2.45, 2.75) is 25.9 Å². The molecule has 3 aromatic rings. The highest BCUT2D eigenvalue weighted by Crippen LogP contribution is 2.35. The molecule has 2 fully saturated rings. The molecule has 2 atom stereocenters. The molecule has 34 heavy (non-hydrogen) atoms. The first-order valence-corrected chi connectivity index (χ1v) is 13.0. The average molecular weight is 482 g/mol. The van der Waals surface area contributed by atoms with Gasteiger partial charge in [0.25, 0.3) is 0 Å². The van der Waals surface area contributed by atoms with Gasteiger partial charge in [0.2, 0.25) is 0 Å². The third-order valence-corrected chi connectivity index (χ3v) is 8.43. The van der Waals surface area contributed by atoms with E-state index in [4.69, 9.17) is 9.47 Å². The van der Waals surface area contributed by atoms with Gasteiger partial charge in [-0.2, -0.15) is 9.62 Å². The molecular formula is C24H24FN5O3S. The van der Waals surface area contributed by atoms with Crippen molar-refractivity contribution in [3.8, 4) is 11.8 Å². The Labute approximate surface area is 197 Å². The second kappa shape index (κ2) is 9.16. The van der Waals surface area contributed by atoms with Gasteiger partial charge in [0.05, 0.1) is 45.9 Å². The first kappa shape index (κ1) is 22.5. The van der Waals surface area contributed by atoms with Crippen molar-refractivity contribution in [2.24, 2.45) is 10.3 Å². The summed E-state index contributed by atoms with van der Waals surface area (Å²) in [5.74, 6) is 1.18. The quantitative estimate of drug-likeness (QED) is 0.566. The number of rotatable bonds is 5. The number of halogens is 1. The molecule has 0 saturated carbocycles. The number of anilines is 2.